The molecule has 96 valence electrons. The first kappa shape index (κ1) is 14.4. The average Bonchev–Trinajstić information content (AvgIpc) is 2.31. The first-order chi connectivity index (χ1) is 8.08. The summed E-state index contributed by atoms with van der Waals surface area (Å²) in [7, 11) is 0. The Bertz CT molecular complexity index is 368. The highest BCUT2D eigenvalue weighted by Crippen LogP contribution is 2.32. The van der Waals surface area contributed by atoms with Crippen LogP contribution < -0.4 is 10.5 Å². The van der Waals surface area contributed by atoms with E-state index < -0.39 is 0 Å². The zero-order valence-corrected chi connectivity index (χ0v) is 11.7. The van der Waals surface area contributed by atoms with Crippen LogP contribution in [0.3, 0.4) is 0 Å². The summed E-state index contributed by atoms with van der Waals surface area (Å²) in [4.78, 5) is 2.27. The van der Waals surface area contributed by atoms with Gasteiger partial charge in [0.15, 0.2) is 0 Å². The molecule has 5 heteroatoms. The Hall–Kier alpha value is -0.640. The van der Waals surface area contributed by atoms with E-state index in [1.807, 2.05) is 0 Å². The smallest absolute Gasteiger partial charge is 0.143 e. The maximum absolute atomic E-state index is 5.90. The van der Waals surface area contributed by atoms with Gasteiger partial charge < -0.3 is 15.4 Å². The van der Waals surface area contributed by atoms with E-state index in [1.165, 1.54) is 0 Å². The highest BCUT2D eigenvalue weighted by Gasteiger charge is 2.06. The van der Waals surface area contributed by atoms with Crippen molar-refractivity contribution < 1.29 is 4.74 Å². The van der Waals surface area contributed by atoms with Crippen LogP contribution in [-0.2, 0) is 0 Å². The second kappa shape index (κ2) is 6.94. The molecule has 0 amide bonds. The highest BCUT2D eigenvalue weighted by atomic mass is 35.5. The lowest BCUT2D eigenvalue weighted by Gasteiger charge is -2.18. The van der Waals surface area contributed by atoms with Crippen LogP contribution in [0.1, 0.15) is 13.8 Å². The third-order valence-corrected chi connectivity index (χ3v) is 3.33. The minimum atomic E-state index is 0.445. The van der Waals surface area contributed by atoms with Crippen LogP contribution in [0.25, 0.3) is 0 Å². The first-order valence-electron chi connectivity index (χ1n) is 5.68. The molecule has 0 fully saturated rings. The highest BCUT2D eigenvalue weighted by molar-refractivity contribution is 6.42. The van der Waals surface area contributed by atoms with Crippen LogP contribution in [-0.4, -0.2) is 31.1 Å². The Morgan fingerprint density at radius 2 is 1.76 bits per heavy atom. The predicted octanol–water partition coefficient (Wildman–Crippen LogP) is 3.30. The van der Waals surface area contributed by atoms with Crippen molar-refractivity contribution in [1.82, 2.24) is 4.90 Å². The summed E-state index contributed by atoms with van der Waals surface area (Å²) < 4.78 is 5.60. The van der Waals surface area contributed by atoms with Gasteiger partial charge in [-0.25, -0.2) is 0 Å². The Kier molecular flexibility index (Phi) is 5.89. The van der Waals surface area contributed by atoms with Crippen molar-refractivity contribution in [2.24, 2.45) is 0 Å². The molecule has 2 N–H and O–H groups in total. The van der Waals surface area contributed by atoms with Gasteiger partial charge in [0.2, 0.25) is 0 Å². The van der Waals surface area contributed by atoms with E-state index in [1.54, 1.807) is 12.1 Å². The number of likely N-dealkylation sites (N-methyl/N-ethyl adjacent to an activating group) is 1. The van der Waals surface area contributed by atoms with Crippen molar-refractivity contribution in [3.05, 3.63) is 22.2 Å². The number of benzene rings is 1. The Morgan fingerprint density at radius 3 is 2.35 bits per heavy atom. The van der Waals surface area contributed by atoms with Crippen LogP contribution >= 0.6 is 23.2 Å². The van der Waals surface area contributed by atoms with Crippen molar-refractivity contribution in [1.29, 1.82) is 0 Å². The molecule has 1 aromatic rings. The summed E-state index contributed by atoms with van der Waals surface area (Å²) in [5, 5.41) is 0.902. The second-order valence-electron chi connectivity index (χ2n) is 3.68. The number of ether oxygens (including phenoxy) is 1. The lowest BCUT2D eigenvalue weighted by atomic mass is 10.3. The fourth-order valence-electron chi connectivity index (χ4n) is 1.49. The number of nitrogen functional groups attached to an aromatic ring is 1. The third-order valence-electron chi connectivity index (χ3n) is 2.61. The summed E-state index contributed by atoms with van der Waals surface area (Å²) in [5.74, 6) is 0.589. The number of hydrogen-bond donors (Lipinski definition) is 1. The largest absolute Gasteiger partial charge is 0.490 e. The Balaban J connectivity index is 2.55. The van der Waals surface area contributed by atoms with Crippen LogP contribution in [0.4, 0.5) is 5.69 Å². The molecule has 0 bridgehead atoms. The van der Waals surface area contributed by atoms with Gasteiger partial charge in [0.05, 0.1) is 15.7 Å². The fraction of sp³-hybridized carbons (Fsp3) is 0.500. The molecule has 1 rings (SSSR count). The molecule has 0 heterocycles. The predicted molar refractivity (Wildman–Crippen MR) is 74.2 cm³/mol. The van der Waals surface area contributed by atoms with E-state index in [2.05, 4.69) is 18.7 Å². The van der Waals surface area contributed by atoms with E-state index in [4.69, 9.17) is 33.7 Å². The molecular weight excluding hydrogens is 259 g/mol. The minimum Gasteiger partial charge on any atom is -0.490 e. The maximum atomic E-state index is 5.90. The van der Waals surface area contributed by atoms with Crippen LogP contribution in [0.15, 0.2) is 12.1 Å². The van der Waals surface area contributed by atoms with Crippen molar-refractivity contribution in [2.45, 2.75) is 13.8 Å². The van der Waals surface area contributed by atoms with Gasteiger partial charge in [-0.1, -0.05) is 37.0 Å². The first-order valence-corrected chi connectivity index (χ1v) is 6.43. The summed E-state index contributed by atoms with van der Waals surface area (Å²) >= 11 is 11.7. The monoisotopic (exact) mass is 276 g/mol. The molecule has 0 aromatic heterocycles. The Morgan fingerprint density at radius 1 is 1.18 bits per heavy atom. The summed E-state index contributed by atoms with van der Waals surface area (Å²) in [5.41, 5.74) is 6.30. The summed E-state index contributed by atoms with van der Waals surface area (Å²) in [6, 6.07) is 3.26. The SMILES string of the molecule is CCN(CC)CCOc1cc(Cl)c(Cl)cc1N. The molecule has 1 aromatic carbocycles. The number of rotatable bonds is 6. The normalized spacial score (nSPS) is 10.9. The topological polar surface area (TPSA) is 38.5 Å². The zero-order chi connectivity index (χ0) is 12.8. The zero-order valence-electron chi connectivity index (χ0n) is 10.2. The van der Waals surface area contributed by atoms with Gasteiger partial charge >= 0.3 is 0 Å². The van der Waals surface area contributed by atoms with E-state index in [-0.39, 0.29) is 0 Å². The molecule has 0 aliphatic carbocycles. The second-order valence-corrected chi connectivity index (χ2v) is 4.49. The van der Waals surface area contributed by atoms with Crippen LogP contribution in [0.5, 0.6) is 5.75 Å². The van der Waals surface area contributed by atoms with E-state index in [0.717, 1.165) is 19.6 Å². The molecular formula is C12H18Cl2N2O. The molecule has 0 unspecified atom stereocenters. The number of nitrogens with two attached hydrogens (primary N) is 1. The summed E-state index contributed by atoms with van der Waals surface area (Å²) in [6.45, 7) is 7.72. The van der Waals surface area contributed by atoms with Crippen molar-refractivity contribution in [3.63, 3.8) is 0 Å². The van der Waals surface area contributed by atoms with Gasteiger partial charge in [-0.2, -0.15) is 0 Å². The fourth-order valence-corrected chi connectivity index (χ4v) is 1.82. The number of anilines is 1. The summed E-state index contributed by atoms with van der Waals surface area (Å²) in [6.07, 6.45) is 0. The van der Waals surface area contributed by atoms with Crippen molar-refractivity contribution >= 4 is 28.9 Å². The van der Waals surface area contributed by atoms with Crippen LogP contribution in [0, 0.1) is 0 Å². The number of hydrogen-bond acceptors (Lipinski definition) is 3. The van der Waals surface area contributed by atoms with E-state index in [9.17, 15) is 0 Å². The van der Waals surface area contributed by atoms with Gasteiger partial charge in [-0.05, 0) is 19.2 Å². The molecule has 0 saturated heterocycles. The van der Waals surface area contributed by atoms with Crippen molar-refractivity contribution in [2.75, 3.05) is 32.0 Å². The van der Waals surface area contributed by atoms with Crippen molar-refractivity contribution in [3.8, 4) is 5.75 Å². The molecule has 17 heavy (non-hydrogen) atoms. The molecule has 0 atom stereocenters. The van der Waals surface area contributed by atoms with Gasteiger partial charge in [-0.15, -0.1) is 0 Å². The molecule has 3 nitrogen and oxygen atoms in total. The maximum Gasteiger partial charge on any atom is 0.143 e. The van der Waals surface area contributed by atoms with E-state index in [0.29, 0.717) is 28.1 Å². The number of nitrogens with zero attached hydrogens (tertiary/aromatic N) is 1. The van der Waals surface area contributed by atoms with Crippen LogP contribution in [0.2, 0.25) is 10.0 Å². The standard InChI is InChI=1S/C12H18Cl2N2O/c1-3-16(4-2)5-6-17-12-8-10(14)9(13)7-11(12)15/h7-8H,3-6,15H2,1-2H3. The number of halogens is 2. The van der Waals surface area contributed by atoms with Gasteiger partial charge in [0.25, 0.3) is 0 Å². The average molecular weight is 277 g/mol. The Labute approximate surface area is 112 Å². The lowest BCUT2D eigenvalue weighted by molar-refractivity contribution is 0.223. The molecule has 0 radical (unpaired) electrons. The lowest BCUT2D eigenvalue weighted by Crippen LogP contribution is -2.28. The van der Waals surface area contributed by atoms with Gasteiger partial charge in [-0.3, -0.25) is 0 Å². The quantitative estimate of drug-likeness (QED) is 0.811. The molecule has 0 spiro atoms. The molecule has 0 saturated carbocycles. The molecule has 0 aliphatic rings. The molecule has 0 aliphatic heterocycles. The van der Waals surface area contributed by atoms with E-state index >= 15 is 0 Å². The van der Waals surface area contributed by atoms with Gasteiger partial charge in [0, 0.05) is 12.6 Å². The van der Waals surface area contributed by atoms with Gasteiger partial charge in [0.1, 0.15) is 12.4 Å². The third kappa shape index (κ3) is 4.26. The minimum absolute atomic E-state index is 0.445.